The zero-order valence-corrected chi connectivity index (χ0v) is 16.2. The van der Waals surface area contributed by atoms with E-state index in [9.17, 15) is 0 Å². The van der Waals surface area contributed by atoms with Gasteiger partial charge in [-0.05, 0) is 29.8 Å². The summed E-state index contributed by atoms with van der Waals surface area (Å²) >= 11 is 11.9. The van der Waals surface area contributed by atoms with Gasteiger partial charge < -0.3 is 15.8 Å². The minimum Gasteiger partial charge on any atom is -0.375 e. The van der Waals surface area contributed by atoms with Gasteiger partial charge >= 0.3 is 0 Å². The lowest BCUT2D eigenvalue weighted by molar-refractivity contribution is 0.128. The Morgan fingerprint density at radius 3 is 2.57 bits per heavy atom. The van der Waals surface area contributed by atoms with E-state index in [0.717, 1.165) is 11.3 Å². The van der Waals surface area contributed by atoms with Crippen LogP contribution in [0.1, 0.15) is 5.56 Å². The highest BCUT2D eigenvalue weighted by Crippen LogP contribution is 2.21. The number of nitrogens with zero attached hydrogens (tertiary/aromatic N) is 1. The molecule has 23 heavy (non-hydrogen) atoms. The SMILES string of the molecule is I.NC(=NCCOCc1ccc(Cl)cc1Cl)Nc1ccccc1. The Balaban J connectivity index is 0.00000264. The topological polar surface area (TPSA) is 59.6 Å². The highest BCUT2D eigenvalue weighted by atomic mass is 127. The summed E-state index contributed by atoms with van der Waals surface area (Å²) in [6, 6.07) is 15.0. The average molecular weight is 466 g/mol. The Bertz CT molecular complexity index is 638. The van der Waals surface area contributed by atoms with Crippen molar-refractivity contribution in [2.24, 2.45) is 10.7 Å². The average Bonchev–Trinajstić information content (AvgIpc) is 2.50. The molecule has 0 atom stereocenters. The summed E-state index contributed by atoms with van der Waals surface area (Å²) in [6.45, 7) is 1.34. The Hall–Kier alpha value is -1.02. The Labute approximate surface area is 163 Å². The number of hydrogen-bond donors (Lipinski definition) is 2. The Morgan fingerprint density at radius 2 is 1.87 bits per heavy atom. The summed E-state index contributed by atoms with van der Waals surface area (Å²) in [6.07, 6.45) is 0. The number of rotatable bonds is 6. The molecule has 4 nitrogen and oxygen atoms in total. The number of benzene rings is 2. The summed E-state index contributed by atoms with van der Waals surface area (Å²) in [4.78, 5) is 4.19. The summed E-state index contributed by atoms with van der Waals surface area (Å²) in [7, 11) is 0. The quantitative estimate of drug-likeness (QED) is 0.284. The Kier molecular flexibility index (Phi) is 9.31. The van der Waals surface area contributed by atoms with Crippen molar-refractivity contribution in [1.29, 1.82) is 0 Å². The van der Waals surface area contributed by atoms with Gasteiger partial charge in [0.05, 0.1) is 19.8 Å². The van der Waals surface area contributed by atoms with Crippen LogP contribution in [0.3, 0.4) is 0 Å². The van der Waals surface area contributed by atoms with Crippen molar-refractivity contribution >= 4 is 58.8 Å². The third-order valence-electron chi connectivity index (χ3n) is 2.84. The fraction of sp³-hybridized carbons (Fsp3) is 0.188. The van der Waals surface area contributed by atoms with Crippen molar-refractivity contribution in [2.45, 2.75) is 6.61 Å². The third kappa shape index (κ3) is 7.39. The van der Waals surface area contributed by atoms with Gasteiger partial charge in [0, 0.05) is 15.7 Å². The molecule has 0 radical (unpaired) electrons. The molecule has 124 valence electrons. The summed E-state index contributed by atoms with van der Waals surface area (Å²) in [5.41, 5.74) is 7.58. The van der Waals surface area contributed by atoms with Crippen LogP contribution >= 0.6 is 47.2 Å². The van der Waals surface area contributed by atoms with E-state index in [-0.39, 0.29) is 24.0 Å². The molecule has 2 aromatic carbocycles. The van der Waals surface area contributed by atoms with Crippen molar-refractivity contribution in [1.82, 2.24) is 0 Å². The van der Waals surface area contributed by atoms with Crippen molar-refractivity contribution in [2.75, 3.05) is 18.5 Å². The lowest BCUT2D eigenvalue weighted by atomic mass is 10.2. The normalized spacial score (nSPS) is 11.0. The number of guanidine groups is 1. The number of ether oxygens (including phenoxy) is 1. The zero-order valence-electron chi connectivity index (χ0n) is 12.3. The highest BCUT2D eigenvalue weighted by molar-refractivity contribution is 14.0. The van der Waals surface area contributed by atoms with E-state index < -0.39 is 0 Å². The van der Waals surface area contributed by atoms with Gasteiger partial charge in [-0.1, -0.05) is 47.5 Å². The van der Waals surface area contributed by atoms with Crippen LogP contribution in [-0.2, 0) is 11.3 Å². The summed E-state index contributed by atoms with van der Waals surface area (Å²) in [5, 5.41) is 4.21. The molecular formula is C16H18Cl2IN3O. The zero-order chi connectivity index (χ0) is 15.8. The largest absolute Gasteiger partial charge is 0.375 e. The number of para-hydroxylation sites is 1. The van der Waals surface area contributed by atoms with Crippen LogP contribution in [0.15, 0.2) is 53.5 Å². The molecule has 0 unspecified atom stereocenters. The number of nitrogens with one attached hydrogen (secondary N) is 1. The van der Waals surface area contributed by atoms with Crippen LogP contribution in [-0.4, -0.2) is 19.1 Å². The molecule has 3 N–H and O–H groups in total. The molecular weight excluding hydrogens is 448 g/mol. The monoisotopic (exact) mass is 465 g/mol. The summed E-state index contributed by atoms with van der Waals surface area (Å²) in [5.74, 6) is 0.360. The second-order valence-corrected chi connectivity index (χ2v) is 5.39. The minimum atomic E-state index is 0. The number of halogens is 3. The van der Waals surface area contributed by atoms with Crippen molar-refractivity contribution < 1.29 is 4.74 Å². The molecule has 0 aromatic heterocycles. The van der Waals surface area contributed by atoms with Crippen LogP contribution in [0, 0.1) is 0 Å². The number of hydrogen-bond acceptors (Lipinski definition) is 2. The maximum atomic E-state index is 6.06. The van der Waals surface area contributed by atoms with Crippen molar-refractivity contribution in [3.8, 4) is 0 Å². The molecule has 2 aromatic rings. The molecule has 7 heteroatoms. The molecule has 0 aliphatic carbocycles. The van der Waals surface area contributed by atoms with Crippen molar-refractivity contribution in [3.05, 3.63) is 64.1 Å². The molecule has 0 heterocycles. The molecule has 0 aliphatic rings. The number of anilines is 1. The van der Waals surface area contributed by atoms with E-state index in [1.165, 1.54) is 0 Å². The minimum absolute atomic E-state index is 0. The first-order valence-corrected chi connectivity index (χ1v) is 7.54. The molecule has 0 spiro atoms. The maximum absolute atomic E-state index is 6.06. The van der Waals surface area contributed by atoms with Crippen LogP contribution in [0.5, 0.6) is 0 Å². The maximum Gasteiger partial charge on any atom is 0.193 e. The highest BCUT2D eigenvalue weighted by Gasteiger charge is 2.01. The van der Waals surface area contributed by atoms with Gasteiger partial charge in [0.15, 0.2) is 5.96 Å². The molecule has 0 amide bonds. The fourth-order valence-corrected chi connectivity index (χ4v) is 2.22. The predicted molar refractivity (Wildman–Crippen MR) is 108 cm³/mol. The molecule has 0 saturated heterocycles. The van der Waals surface area contributed by atoms with E-state index in [0.29, 0.717) is 35.8 Å². The van der Waals surface area contributed by atoms with Crippen LogP contribution in [0.4, 0.5) is 5.69 Å². The lowest BCUT2D eigenvalue weighted by Gasteiger charge is -2.07. The molecule has 0 aliphatic heterocycles. The van der Waals surface area contributed by atoms with Gasteiger partial charge in [0.1, 0.15) is 0 Å². The van der Waals surface area contributed by atoms with E-state index in [4.69, 9.17) is 33.7 Å². The third-order valence-corrected chi connectivity index (χ3v) is 3.42. The van der Waals surface area contributed by atoms with Crippen LogP contribution < -0.4 is 11.1 Å². The number of aliphatic imine (C=N–C) groups is 1. The second kappa shape index (κ2) is 10.7. The first kappa shape index (κ1) is 20.0. The summed E-state index contributed by atoms with van der Waals surface area (Å²) < 4.78 is 5.52. The lowest BCUT2D eigenvalue weighted by Crippen LogP contribution is -2.23. The molecule has 0 saturated carbocycles. The van der Waals surface area contributed by atoms with E-state index in [1.807, 2.05) is 36.4 Å². The molecule has 0 bridgehead atoms. The predicted octanol–water partition coefficient (Wildman–Crippen LogP) is 4.55. The van der Waals surface area contributed by atoms with Gasteiger partial charge in [-0.3, -0.25) is 4.99 Å². The first-order chi connectivity index (χ1) is 10.6. The van der Waals surface area contributed by atoms with E-state index >= 15 is 0 Å². The standard InChI is InChI=1S/C16H17Cl2N3O.HI/c17-13-7-6-12(15(18)10-13)11-22-9-8-20-16(19)21-14-4-2-1-3-5-14;/h1-7,10H,8-9,11H2,(H3,19,20,21);1H. The molecule has 2 rings (SSSR count). The van der Waals surface area contributed by atoms with Gasteiger partial charge in [0.25, 0.3) is 0 Å². The van der Waals surface area contributed by atoms with Crippen LogP contribution in [0.25, 0.3) is 0 Å². The van der Waals surface area contributed by atoms with Crippen LogP contribution in [0.2, 0.25) is 10.0 Å². The van der Waals surface area contributed by atoms with E-state index in [2.05, 4.69) is 10.3 Å². The second-order valence-electron chi connectivity index (χ2n) is 4.55. The first-order valence-electron chi connectivity index (χ1n) is 6.79. The fourth-order valence-electron chi connectivity index (χ4n) is 1.76. The Morgan fingerprint density at radius 1 is 1.13 bits per heavy atom. The van der Waals surface area contributed by atoms with Gasteiger partial charge in [-0.25, -0.2) is 0 Å². The molecule has 0 fully saturated rings. The van der Waals surface area contributed by atoms with Gasteiger partial charge in [-0.15, -0.1) is 24.0 Å². The van der Waals surface area contributed by atoms with Gasteiger partial charge in [0.2, 0.25) is 0 Å². The van der Waals surface area contributed by atoms with E-state index in [1.54, 1.807) is 12.1 Å². The smallest absolute Gasteiger partial charge is 0.193 e. The van der Waals surface area contributed by atoms with Gasteiger partial charge in [-0.2, -0.15) is 0 Å². The van der Waals surface area contributed by atoms with Crippen molar-refractivity contribution in [3.63, 3.8) is 0 Å². The number of nitrogens with two attached hydrogens (primary N) is 1.